The molecule has 1 amide bonds. The van der Waals surface area contributed by atoms with Crippen molar-refractivity contribution in [3.63, 3.8) is 0 Å². The van der Waals surface area contributed by atoms with E-state index < -0.39 is 0 Å². The molecule has 1 aromatic heterocycles. The Kier molecular flexibility index (Phi) is 6.75. The zero-order valence-corrected chi connectivity index (χ0v) is 18.8. The number of carbonyl (C=O) groups is 1. The average molecular weight is 436 g/mol. The number of hydrogen-bond donors (Lipinski definition) is 0. The van der Waals surface area contributed by atoms with Crippen LogP contribution in [-0.2, 0) is 13.2 Å². The van der Waals surface area contributed by atoms with Gasteiger partial charge in [0.1, 0.15) is 23.9 Å². The number of aryl methyl sites for hydroxylation is 2. The van der Waals surface area contributed by atoms with Crippen molar-refractivity contribution in [1.29, 1.82) is 0 Å². The summed E-state index contributed by atoms with van der Waals surface area (Å²) in [6.07, 6.45) is 0. The first kappa shape index (κ1) is 21.9. The minimum absolute atomic E-state index is 0.0615. The summed E-state index contributed by atoms with van der Waals surface area (Å²) < 4.78 is 16.2. The number of hydrogen-bond acceptors (Lipinski definition) is 6. The van der Waals surface area contributed by atoms with E-state index in [0.717, 1.165) is 55.5 Å². The molecule has 3 aromatic rings. The summed E-state index contributed by atoms with van der Waals surface area (Å²) in [6, 6.07) is 15.5. The highest BCUT2D eigenvalue weighted by atomic mass is 16.5. The van der Waals surface area contributed by atoms with Crippen LogP contribution in [0.3, 0.4) is 0 Å². The molecule has 0 aliphatic carbocycles. The molecule has 1 fully saturated rings. The van der Waals surface area contributed by atoms with Gasteiger partial charge in [-0.05, 0) is 55.8 Å². The van der Waals surface area contributed by atoms with Crippen molar-refractivity contribution in [2.45, 2.75) is 27.0 Å². The maximum atomic E-state index is 12.9. The van der Waals surface area contributed by atoms with Gasteiger partial charge in [-0.2, -0.15) is 0 Å². The van der Waals surface area contributed by atoms with E-state index >= 15 is 0 Å². The average Bonchev–Trinajstić information content (AvgIpc) is 3.15. The largest absolute Gasteiger partial charge is 0.497 e. The second-order valence-corrected chi connectivity index (χ2v) is 8.03. The van der Waals surface area contributed by atoms with Crippen molar-refractivity contribution in [3.05, 3.63) is 76.7 Å². The van der Waals surface area contributed by atoms with Gasteiger partial charge in [-0.15, -0.1) is 0 Å². The van der Waals surface area contributed by atoms with Crippen LogP contribution in [0.1, 0.15) is 32.9 Å². The second-order valence-electron chi connectivity index (χ2n) is 8.03. The van der Waals surface area contributed by atoms with Crippen LogP contribution in [0.25, 0.3) is 0 Å². The van der Waals surface area contributed by atoms with E-state index in [-0.39, 0.29) is 5.91 Å². The van der Waals surface area contributed by atoms with Crippen molar-refractivity contribution in [2.75, 3.05) is 33.3 Å². The molecule has 168 valence electrons. The molecule has 4 rings (SSSR count). The molecule has 2 heterocycles. The standard InChI is InChI=1S/C25H29N3O4/c1-18-24(19(2)32-26-18)17-31-23-10-6-21(7-11-23)25(29)28-14-12-27(13-15-28)16-20-4-8-22(30-3)9-5-20/h4-11H,12-17H2,1-3H3. The Labute approximate surface area is 188 Å². The van der Waals surface area contributed by atoms with Crippen LogP contribution in [0.15, 0.2) is 53.1 Å². The number of carbonyl (C=O) groups excluding carboxylic acids is 1. The van der Waals surface area contributed by atoms with Crippen molar-refractivity contribution in [2.24, 2.45) is 0 Å². The van der Waals surface area contributed by atoms with Gasteiger partial charge in [-0.3, -0.25) is 9.69 Å². The monoisotopic (exact) mass is 435 g/mol. The number of benzene rings is 2. The molecule has 32 heavy (non-hydrogen) atoms. The van der Waals surface area contributed by atoms with Gasteiger partial charge in [0.05, 0.1) is 18.4 Å². The van der Waals surface area contributed by atoms with Crippen molar-refractivity contribution in [3.8, 4) is 11.5 Å². The topological polar surface area (TPSA) is 68.0 Å². The molecule has 7 nitrogen and oxygen atoms in total. The number of amides is 1. The van der Waals surface area contributed by atoms with Crippen molar-refractivity contribution < 1.29 is 18.8 Å². The number of methoxy groups -OCH3 is 1. The quantitative estimate of drug-likeness (QED) is 0.562. The first-order valence-electron chi connectivity index (χ1n) is 10.8. The normalized spacial score (nSPS) is 14.4. The predicted octanol–water partition coefficient (Wildman–Crippen LogP) is 3.84. The summed E-state index contributed by atoms with van der Waals surface area (Å²) in [6.45, 7) is 8.20. The van der Waals surface area contributed by atoms with Gasteiger partial charge in [0.15, 0.2) is 0 Å². The lowest BCUT2D eigenvalue weighted by Crippen LogP contribution is -2.48. The number of piperazine rings is 1. The van der Waals surface area contributed by atoms with E-state index in [1.165, 1.54) is 5.56 Å². The van der Waals surface area contributed by atoms with Gasteiger partial charge in [0.25, 0.3) is 5.91 Å². The van der Waals surface area contributed by atoms with E-state index in [1.807, 2.05) is 55.1 Å². The minimum Gasteiger partial charge on any atom is -0.497 e. The second kappa shape index (κ2) is 9.87. The molecule has 0 radical (unpaired) electrons. The Morgan fingerprint density at radius 2 is 1.62 bits per heavy atom. The zero-order chi connectivity index (χ0) is 22.5. The summed E-state index contributed by atoms with van der Waals surface area (Å²) in [5.41, 5.74) is 3.72. The number of aromatic nitrogens is 1. The number of rotatable bonds is 7. The Bertz CT molecular complexity index is 1020. The molecular weight excluding hydrogens is 406 g/mol. The van der Waals surface area contributed by atoms with E-state index in [2.05, 4.69) is 22.2 Å². The zero-order valence-electron chi connectivity index (χ0n) is 18.8. The highest BCUT2D eigenvalue weighted by Crippen LogP contribution is 2.19. The molecule has 0 spiro atoms. The lowest BCUT2D eigenvalue weighted by Gasteiger charge is -2.34. The molecule has 7 heteroatoms. The highest BCUT2D eigenvalue weighted by molar-refractivity contribution is 5.94. The lowest BCUT2D eigenvalue weighted by atomic mass is 10.1. The molecule has 1 aliphatic rings. The Morgan fingerprint density at radius 3 is 2.22 bits per heavy atom. The Balaban J connectivity index is 1.27. The van der Waals surface area contributed by atoms with Crippen LogP contribution in [-0.4, -0.2) is 54.2 Å². The van der Waals surface area contributed by atoms with Crippen LogP contribution >= 0.6 is 0 Å². The Morgan fingerprint density at radius 1 is 0.969 bits per heavy atom. The summed E-state index contributed by atoms with van der Waals surface area (Å²) >= 11 is 0. The molecule has 1 saturated heterocycles. The van der Waals surface area contributed by atoms with Gasteiger partial charge >= 0.3 is 0 Å². The molecular formula is C25H29N3O4. The third kappa shape index (κ3) is 5.11. The van der Waals surface area contributed by atoms with Gasteiger partial charge in [0.2, 0.25) is 0 Å². The van der Waals surface area contributed by atoms with E-state index in [0.29, 0.717) is 17.9 Å². The summed E-state index contributed by atoms with van der Waals surface area (Å²) in [5.74, 6) is 2.40. The maximum Gasteiger partial charge on any atom is 0.253 e. The first-order valence-corrected chi connectivity index (χ1v) is 10.8. The number of ether oxygens (including phenoxy) is 2. The van der Waals surface area contributed by atoms with E-state index in [4.69, 9.17) is 14.0 Å². The van der Waals surface area contributed by atoms with Crippen molar-refractivity contribution in [1.82, 2.24) is 15.0 Å². The predicted molar refractivity (Wildman–Crippen MR) is 121 cm³/mol. The fourth-order valence-corrected chi connectivity index (χ4v) is 3.84. The van der Waals surface area contributed by atoms with Crippen molar-refractivity contribution >= 4 is 5.91 Å². The van der Waals surface area contributed by atoms with Crippen LogP contribution in [0.5, 0.6) is 11.5 Å². The maximum absolute atomic E-state index is 12.9. The molecule has 1 aliphatic heterocycles. The van der Waals surface area contributed by atoms with Gasteiger partial charge in [-0.1, -0.05) is 17.3 Å². The Hall–Kier alpha value is -3.32. The van der Waals surface area contributed by atoms with Crippen LogP contribution in [0.4, 0.5) is 0 Å². The highest BCUT2D eigenvalue weighted by Gasteiger charge is 2.22. The fraction of sp³-hybridized carbons (Fsp3) is 0.360. The lowest BCUT2D eigenvalue weighted by molar-refractivity contribution is 0.0628. The van der Waals surface area contributed by atoms with Crippen LogP contribution < -0.4 is 9.47 Å². The molecule has 0 atom stereocenters. The minimum atomic E-state index is 0.0615. The van der Waals surface area contributed by atoms with Crippen LogP contribution in [0.2, 0.25) is 0 Å². The first-order chi connectivity index (χ1) is 15.5. The molecule has 0 bridgehead atoms. The van der Waals surface area contributed by atoms with E-state index in [1.54, 1.807) is 7.11 Å². The molecule has 2 aromatic carbocycles. The summed E-state index contributed by atoms with van der Waals surface area (Å²) in [5, 5.41) is 3.94. The summed E-state index contributed by atoms with van der Waals surface area (Å²) in [4.78, 5) is 17.2. The van der Waals surface area contributed by atoms with Gasteiger partial charge in [-0.25, -0.2) is 0 Å². The molecule has 0 saturated carbocycles. The fourth-order valence-electron chi connectivity index (χ4n) is 3.84. The van der Waals surface area contributed by atoms with E-state index in [9.17, 15) is 4.79 Å². The van der Waals surface area contributed by atoms with Gasteiger partial charge in [0, 0.05) is 38.3 Å². The molecule has 0 N–H and O–H groups in total. The summed E-state index contributed by atoms with van der Waals surface area (Å²) in [7, 11) is 1.67. The van der Waals surface area contributed by atoms with Crippen LogP contribution in [0, 0.1) is 13.8 Å². The SMILES string of the molecule is COc1ccc(CN2CCN(C(=O)c3ccc(OCc4c(C)noc4C)cc3)CC2)cc1. The number of nitrogens with zero attached hydrogens (tertiary/aromatic N) is 3. The molecule has 0 unspecified atom stereocenters. The van der Waals surface area contributed by atoms with Gasteiger partial charge < -0.3 is 18.9 Å². The third-order valence-electron chi connectivity index (χ3n) is 5.89. The smallest absolute Gasteiger partial charge is 0.253 e. The third-order valence-corrected chi connectivity index (χ3v) is 5.89.